The number of aromatic nitrogens is 1. The Kier molecular flexibility index (Phi) is 4.91. The molecule has 0 saturated carbocycles. The van der Waals surface area contributed by atoms with Crippen molar-refractivity contribution in [1.29, 1.82) is 0 Å². The fraction of sp³-hybridized carbons (Fsp3) is 0.267. The van der Waals surface area contributed by atoms with E-state index >= 15 is 0 Å². The van der Waals surface area contributed by atoms with Gasteiger partial charge in [0.2, 0.25) is 0 Å². The van der Waals surface area contributed by atoms with Crippen LogP contribution in [0.5, 0.6) is 5.75 Å². The van der Waals surface area contributed by atoms with E-state index in [0.29, 0.717) is 16.9 Å². The third-order valence-corrected chi connectivity index (χ3v) is 3.21. The molecule has 0 aliphatic carbocycles. The van der Waals surface area contributed by atoms with Crippen molar-refractivity contribution in [3.05, 3.63) is 57.8 Å². The van der Waals surface area contributed by atoms with Crippen molar-refractivity contribution in [1.82, 2.24) is 4.98 Å². The molecule has 0 bridgehead atoms. The molecule has 2 rings (SSSR count). The highest BCUT2D eigenvalue weighted by atomic mass is 19.4. The van der Waals surface area contributed by atoms with Gasteiger partial charge < -0.3 is 9.64 Å². The van der Waals surface area contributed by atoms with E-state index in [4.69, 9.17) is 0 Å². The molecule has 0 amide bonds. The molecule has 0 unspecified atom stereocenters. The Morgan fingerprint density at radius 2 is 2.00 bits per heavy atom. The fourth-order valence-electron chi connectivity index (χ4n) is 2.24. The number of hydrogen-bond acceptors (Lipinski definition) is 5. The topological polar surface area (TPSA) is 68.5 Å². The van der Waals surface area contributed by atoms with E-state index in [2.05, 4.69) is 9.72 Å². The maximum Gasteiger partial charge on any atom is 0.573 e. The Bertz CT molecular complexity index is 750. The average Bonchev–Trinajstić information content (AvgIpc) is 2.47. The number of pyridine rings is 1. The van der Waals surface area contributed by atoms with Gasteiger partial charge in [-0.2, -0.15) is 0 Å². The number of para-hydroxylation sites is 1. The molecule has 9 heteroatoms. The van der Waals surface area contributed by atoms with Gasteiger partial charge >= 0.3 is 6.36 Å². The highest BCUT2D eigenvalue weighted by molar-refractivity contribution is 5.51. The number of ether oxygens (including phenoxy) is 1. The van der Waals surface area contributed by atoms with Crippen LogP contribution < -0.4 is 9.64 Å². The monoisotopic (exact) mass is 341 g/mol. The zero-order valence-corrected chi connectivity index (χ0v) is 12.9. The first-order chi connectivity index (χ1) is 11.2. The number of hydrogen-bond donors (Lipinski definition) is 0. The summed E-state index contributed by atoms with van der Waals surface area (Å²) >= 11 is 0. The summed E-state index contributed by atoms with van der Waals surface area (Å²) in [5.74, 6) is 0.138. The molecule has 0 saturated heterocycles. The number of alkyl halides is 3. The molecular formula is C15H14F3N3O3. The number of rotatable bonds is 5. The zero-order valence-electron chi connectivity index (χ0n) is 12.9. The van der Waals surface area contributed by atoms with Crippen LogP contribution in [0.25, 0.3) is 0 Å². The molecule has 128 valence electrons. The first-order valence-electron chi connectivity index (χ1n) is 6.83. The highest BCUT2D eigenvalue weighted by Crippen LogP contribution is 2.28. The zero-order chi connectivity index (χ0) is 17.9. The lowest BCUT2D eigenvalue weighted by molar-refractivity contribution is -0.385. The van der Waals surface area contributed by atoms with Crippen LogP contribution in [0.1, 0.15) is 11.1 Å². The molecule has 0 atom stereocenters. The number of aryl methyl sites for hydroxylation is 1. The number of halogens is 3. The summed E-state index contributed by atoms with van der Waals surface area (Å²) in [6, 6.07) is 7.14. The minimum absolute atomic E-state index is 0.0951. The lowest BCUT2D eigenvalue weighted by atomic mass is 10.1. The number of nitrogens with zero attached hydrogens (tertiary/aromatic N) is 3. The predicted octanol–water partition coefficient (Wildman–Crippen LogP) is 3.83. The van der Waals surface area contributed by atoms with E-state index in [0.717, 1.165) is 6.20 Å². The van der Waals surface area contributed by atoms with Crippen molar-refractivity contribution in [2.24, 2.45) is 0 Å². The number of anilines is 1. The molecular weight excluding hydrogens is 327 g/mol. The Hall–Kier alpha value is -2.84. The van der Waals surface area contributed by atoms with Crippen LogP contribution in [-0.4, -0.2) is 23.3 Å². The Balaban J connectivity index is 2.24. The van der Waals surface area contributed by atoms with Crippen LogP contribution >= 0.6 is 0 Å². The van der Waals surface area contributed by atoms with Crippen molar-refractivity contribution >= 4 is 11.5 Å². The van der Waals surface area contributed by atoms with Crippen LogP contribution in [0.4, 0.5) is 24.7 Å². The van der Waals surface area contributed by atoms with E-state index in [1.807, 2.05) is 0 Å². The molecule has 1 aromatic heterocycles. The second-order valence-electron chi connectivity index (χ2n) is 5.10. The summed E-state index contributed by atoms with van der Waals surface area (Å²) in [5, 5.41) is 10.7. The largest absolute Gasteiger partial charge is 0.573 e. The van der Waals surface area contributed by atoms with Crippen LogP contribution in [0.2, 0.25) is 0 Å². The van der Waals surface area contributed by atoms with Gasteiger partial charge in [-0.3, -0.25) is 10.1 Å². The average molecular weight is 341 g/mol. The molecule has 6 nitrogen and oxygen atoms in total. The van der Waals surface area contributed by atoms with Crippen molar-refractivity contribution in [2.75, 3.05) is 11.9 Å². The summed E-state index contributed by atoms with van der Waals surface area (Å²) < 4.78 is 41.4. The second kappa shape index (κ2) is 6.73. The first-order valence-corrected chi connectivity index (χ1v) is 6.83. The van der Waals surface area contributed by atoms with Crippen molar-refractivity contribution in [3.8, 4) is 5.75 Å². The number of benzene rings is 1. The van der Waals surface area contributed by atoms with Gasteiger partial charge in [-0.05, 0) is 18.6 Å². The molecule has 0 aliphatic heterocycles. The summed E-state index contributed by atoms with van der Waals surface area (Å²) in [4.78, 5) is 15.8. The van der Waals surface area contributed by atoms with Crippen LogP contribution in [0.3, 0.4) is 0 Å². The van der Waals surface area contributed by atoms with Gasteiger partial charge in [0, 0.05) is 25.2 Å². The molecule has 2 aromatic rings. The third kappa shape index (κ3) is 4.34. The maximum atomic E-state index is 12.5. The Morgan fingerprint density at radius 3 is 2.58 bits per heavy atom. The Morgan fingerprint density at radius 1 is 1.33 bits per heavy atom. The smallest absolute Gasteiger partial charge is 0.405 e. The van der Waals surface area contributed by atoms with Gasteiger partial charge in [0.1, 0.15) is 17.8 Å². The van der Waals surface area contributed by atoms with Crippen molar-refractivity contribution in [2.45, 2.75) is 19.8 Å². The Labute approximate surface area is 135 Å². The van der Waals surface area contributed by atoms with Crippen molar-refractivity contribution in [3.63, 3.8) is 0 Å². The summed E-state index contributed by atoms with van der Waals surface area (Å²) in [7, 11) is 1.63. The highest BCUT2D eigenvalue weighted by Gasteiger charge is 2.32. The molecule has 1 aromatic carbocycles. The van der Waals surface area contributed by atoms with Gasteiger partial charge in [-0.25, -0.2) is 4.98 Å². The van der Waals surface area contributed by atoms with E-state index < -0.39 is 11.3 Å². The van der Waals surface area contributed by atoms with Gasteiger partial charge in [-0.1, -0.05) is 18.2 Å². The molecule has 0 N–H and O–H groups in total. The lowest BCUT2D eigenvalue weighted by Gasteiger charge is -2.21. The minimum atomic E-state index is -4.78. The summed E-state index contributed by atoms with van der Waals surface area (Å²) in [5.41, 5.74) is 0.711. The first kappa shape index (κ1) is 17.5. The predicted molar refractivity (Wildman–Crippen MR) is 80.9 cm³/mol. The molecule has 24 heavy (non-hydrogen) atoms. The molecule has 0 fully saturated rings. The molecule has 0 radical (unpaired) electrons. The fourth-order valence-corrected chi connectivity index (χ4v) is 2.24. The van der Waals surface area contributed by atoms with Crippen LogP contribution in [-0.2, 0) is 6.54 Å². The molecule has 0 spiro atoms. The quantitative estimate of drug-likeness (QED) is 0.611. The van der Waals surface area contributed by atoms with E-state index in [9.17, 15) is 23.3 Å². The van der Waals surface area contributed by atoms with Crippen molar-refractivity contribution < 1.29 is 22.8 Å². The SMILES string of the molecule is Cc1cc([N+](=O)[O-])cnc1N(C)Cc1ccccc1OC(F)(F)F. The molecule has 0 aliphatic rings. The molecule has 1 heterocycles. The maximum absolute atomic E-state index is 12.5. The van der Waals surface area contributed by atoms with Gasteiger partial charge in [-0.15, -0.1) is 13.2 Å². The van der Waals surface area contributed by atoms with Gasteiger partial charge in [0.25, 0.3) is 5.69 Å². The standard InChI is InChI=1S/C15H14F3N3O3/c1-10-7-12(21(22)23)8-19-14(10)20(2)9-11-5-3-4-6-13(11)24-15(16,17)18/h3-8H,9H2,1-2H3. The normalized spacial score (nSPS) is 11.2. The van der Waals surface area contributed by atoms with E-state index in [-0.39, 0.29) is 18.0 Å². The third-order valence-electron chi connectivity index (χ3n) is 3.21. The minimum Gasteiger partial charge on any atom is -0.405 e. The summed E-state index contributed by atoms with van der Waals surface area (Å²) in [6.45, 7) is 1.74. The van der Waals surface area contributed by atoms with Crippen LogP contribution in [0, 0.1) is 17.0 Å². The number of nitro groups is 1. The second-order valence-corrected chi connectivity index (χ2v) is 5.10. The lowest BCUT2D eigenvalue weighted by Crippen LogP contribution is -2.22. The van der Waals surface area contributed by atoms with E-state index in [1.54, 1.807) is 24.9 Å². The van der Waals surface area contributed by atoms with Crippen LogP contribution in [0.15, 0.2) is 36.5 Å². The van der Waals surface area contributed by atoms with Gasteiger partial charge in [0.05, 0.1) is 4.92 Å². The summed E-state index contributed by atoms with van der Waals surface area (Å²) in [6.07, 6.45) is -3.67. The van der Waals surface area contributed by atoms with E-state index in [1.165, 1.54) is 24.3 Å². The van der Waals surface area contributed by atoms with Gasteiger partial charge in [0.15, 0.2) is 0 Å².